The number of H-pyrrole nitrogens is 2. The molecule has 0 saturated heterocycles. The fraction of sp³-hybridized carbons (Fsp3) is 0.105. The zero-order valence-corrected chi connectivity index (χ0v) is 25.3. The molecule has 0 aliphatic carbocycles. The Morgan fingerprint density at radius 1 is 0.587 bits per heavy atom. The summed E-state index contributed by atoms with van der Waals surface area (Å²) in [6.07, 6.45) is 8.33. The first-order valence-corrected chi connectivity index (χ1v) is 14.9. The van der Waals surface area contributed by atoms with E-state index >= 15 is 0 Å². The fourth-order valence-electron chi connectivity index (χ4n) is 5.83. The van der Waals surface area contributed by atoms with Crippen LogP contribution in [0.4, 0.5) is 0 Å². The lowest BCUT2D eigenvalue weighted by Crippen LogP contribution is -2.04. The van der Waals surface area contributed by atoms with E-state index in [0.29, 0.717) is 0 Å². The van der Waals surface area contributed by atoms with Crippen LogP contribution in [0.5, 0.6) is 0 Å². The average Bonchev–Trinajstić information content (AvgIpc) is 3.88. The minimum absolute atomic E-state index is 0.178. The van der Waals surface area contributed by atoms with Crippen molar-refractivity contribution in [1.82, 2.24) is 19.9 Å². The van der Waals surface area contributed by atoms with E-state index in [9.17, 15) is 9.59 Å². The molecule has 2 aliphatic rings. The smallest absolute Gasteiger partial charge is 0.309 e. The Hall–Kier alpha value is -6.02. The van der Waals surface area contributed by atoms with Gasteiger partial charge in [-0.2, -0.15) is 0 Å². The van der Waals surface area contributed by atoms with E-state index < -0.39 is 0 Å². The molecule has 226 valence electrons. The van der Waals surface area contributed by atoms with Gasteiger partial charge in [0, 0.05) is 33.2 Å². The van der Waals surface area contributed by atoms with Gasteiger partial charge in [-0.1, -0.05) is 48.5 Å². The lowest BCUT2D eigenvalue weighted by atomic mass is 9.99. The molecule has 0 fully saturated rings. The monoisotopic (exact) mass is 606 g/mol. The van der Waals surface area contributed by atoms with Crippen LogP contribution in [0.25, 0.3) is 68.6 Å². The van der Waals surface area contributed by atoms with Crippen molar-refractivity contribution in [3.05, 3.63) is 119 Å². The average molecular weight is 607 g/mol. The second kappa shape index (κ2) is 12.2. The molecule has 5 heterocycles. The summed E-state index contributed by atoms with van der Waals surface area (Å²) >= 11 is 0. The molecule has 5 aromatic rings. The summed E-state index contributed by atoms with van der Waals surface area (Å²) in [5, 5.41) is 0. The van der Waals surface area contributed by atoms with E-state index in [1.165, 1.54) is 14.2 Å². The third kappa shape index (κ3) is 5.88. The summed E-state index contributed by atoms with van der Waals surface area (Å²) in [6.45, 7) is 0. The molecular formula is C38H30N4O4. The first-order chi connectivity index (χ1) is 22.4. The molecule has 0 amide bonds. The number of benzene rings is 2. The minimum Gasteiger partial charge on any atom is -0.469 e. The number of carbonyl (C=O) groups excluding carboxylic acids is 2. The van der Waals surface area contributed by atoms with Gasteiger partial charge in [-0.05, 0) is 83.0 Å². The van der Waals surface area contributed by atoms with Gasteiger partial charge < -0.3 is 19.4 Å². The lowest BCUT2D eigenvalue weighted by molar-refractivity contribution is -0.140. The largest absolute Gasteiger partial charge is 0.469 e. The summed E-state index contributed by atoms with van der Waals surface area (Å²) in [5.74, 6) is -0.581. The van der Waals surface area contributed by atoms with Crippen molar-refractivity contribution in [2.24, 2.45) is 0 Å². The molecule has 0 atom stereocenters. The molecule has 2 aliphatic heterocycles. The van der Waals surface area contributed by atoms with Crippen molar-refractivity contribution in [2.45, 2.75) is 12.8 Å². The quantitative estimate of drug-likeness (QED) is 0.191. The highest BCUT2D eigenvalue weighted by molar-refractivity contribution is 5.94. The van der Waals surface area contributed by atoms with Gasteiger partial charge in [-0.25, -0.2) is 9.97 Å². The van der Waals surface area contributed by atoms with E-state index in [1.807, 2.05) is 97.1 Å². The Morgan fingerprint density at radius 3 is 1.54 bits per heavy atom. The first-order valence-electron chi connectivity index (χ1n) is 14.9. The molecular weight excluding hydrogens is 576 g/mol. The van der Waals surface area contributed by atoms with Crippen molar-refractivity contribution in [3.8, 4) is 22.3 Å². The number of hydrogen-bond acceptors (Lipinski definition) is 6. The predicted octanol–water partition coefficient (Wildman–Crippen LogP) is 7.42. The fourth-order valence-corrected chi connectivity index (χ4v) is 5.83. The topological polar surface area (TPSA) is 110 Å². The number of methoxy groups -OCH3 is 2. The summed E-state index contributed by atoms with van der Waals surface area (Å²) in [7, 11) is 2.79. The number of aromatic nitrogens is 4. The zero-order chi connectivity index (χ0) is 31.6. The number of nitrogens with one attached hydrogen (secondary N) is 2. The normalized spacial score (nSPS) is 11.9. The molecule has 0 unspecified atom stereocenters. The number of ether oxygens (including phenoxy) is 2. The van der Waals surface area contributed by atoms with Gasteiger partial charge in [0.25, 0.3) is 0 Å². The molecule has 0 radical (unpaired) electrons. The summed E-state index contributed by atoms with van der Waals surface area (Å²) in [5.41, 5.74) is 12.2. The third-order valence-corrected chi connectivity index (χ3v) is 7.98. The van der Waals surface area contributed by atoms with Gasteiger partial charge in [-0.3, -0.25) is 9.59 Å². The number of esters is 2. The van der Waals surface area contributed by atoms with Crippen LogP contribution >= 0.6 is 0 Å². The molecule has 46 heavy (non-hydrogen) atoms. The number of aromatic amines is 2. The van der Waals surface area contributed by atoms with E-state index in [0.717, 1.165) is 78.2 Å². The van der Waals surface area contributed by atoms with E-state index in [4.69, 9.17) is 19.4 Å². The minimum atomic E-state index is -0.295. The zero-order valence-electron chi connectivity index (χ0n) is 25.3. The van der Waals surface area contributed by atoms with Gasteiger partial charge in [0.1, 0.15) is 0 Å². The van der Waals surface area contributed by atoms with Crippen LogP contribution in [-0.4, -0.2) is 46.1 Å². The number of rotatable bonds is 6. The van der Waals surface area contributed by atoms with Crippen molar-refractivity contribution < 1.29 is 19.1 Å². The molecule has 7 rings (SSSR count). The number of nitrogens with zero attached hydrogens (tertiary/aromatic N) is 2. The Labute approximate surface area is 265 Å². The maximum Gasteiger partial charge on any atom is 0.309 e. The van der Waals surface area contributed by atoms with Crippen LogP contribution in [0.3, 0.4) is 0 Å². The van der Waals surface area contributed by atoms with Crippen LogP contribution in [0.1, 0.15) is 33.9 Å². The van der Waals surface area contributed by atoms with Crippen molar-refractivity contribution in [1.29, 1.82) is 0 Å². The SMILES string of the molecule is COC(=O)Cc1cccc(-c2c3nc(cc4ccc([nH]4)c(-c4cccc(CC(=O)OC)c4)c4ccc(cc5nc2C=C5)[nH]4)C=C3)c1. The first kappa shape index (κ1) is 28.7. The second-order valence-electron chi connectivity index (χ2n) is 11.1. The maximum absolute atomic E-state index is 12.0. The van der Waals surface area contributed by atoms with Crippen LogP contribution in [0.2, 0.25) is 0 Å². The van der Waals surface area contributed by atoms with Crippen LogP contribution in [0, 0.1) is 0 Å². The number of hydrogen-bond donors (Lipinski definition) is 2. The van der Waals surface area contributed by atoms with Crippen LogP contribution in [0.15, 0.2) is 84.9 Å². The summed E-state index contributed by atoms with van der Waals surface area (Å²) in [4.78, 5) is 41.2. The molecule has 0 spiro atoms. The van der Waals surface area contributed by atoms with E-state index in [-0.39, 0.29) is 24.8 Å². The molecule has 8 bridgehead atoms. The van der Waals surface area contributed by atoms with Gasteiger partial charge >= 0.3 is 11.9 Å². The molecule has 8 heteroatoms. The van der Waals surface area contributed by atoms with E-state index in [1.54, 1.807) is 0 Å². The van der Waals surface area contributed by atoms with Gasteiger partial charge in [-0.15, -0.1) is 0 Å². The number of fused-ring (bicyclic) bond motifs is 8. The maximum atomic E-state index is 12.0. The molecule has 2 N–H and O–H groups in total. The number of carbonyl (C=O) groups is 2. The highest BCUT2D eigenvalue weighted by atomic mass is 16.5. The summed E-state index contributed by atoms with van der Waals surface area (Å²) in [6, 6.07) is 28.0. The Bertz CT molecular complexity index is 2140. The Balaban J connectivity index is 1.45. The van der Waals surface area contributed by atoms with Crippen LogP contribution < -0.4 is 0 Å². The highest BCUT2D eigenvalue weighted by Crippen LogP contribution is 2.33. The molecule has 2 aromatic carbocycles. The lowest BCUT2D eigenvalue weighted by Gasteiger charge is -2.07. The molecule has 3 aromatic heterocycles. The predicted molar refractivity (Wildman–Crippen MR) is 181 cm³/mol. The van der Waals surface area contributed by atoms with Crippen LogP contribution in [-0.2, 0) is 31.9 Å². The van der Waals surface area contributed by atoms with Crippen molar-refractivity contribution in [2.75, 3.05) is 14.2 Å². The molecule has 8 nitrogen and oxygen atoms in total. The second-order valence-corrected chi connectivity index (χ2v) is 11.1. The Kier molecular flexibility index (Phi) is 7.60. The molecule has 0 saturated carbocycles. The van der Waals surface area contributed by atoms with Gasteiger partial charge in [0.2, 0.25) is 0 Å². The highest BCUT2D eigenvalue weighted by Gasteiger charge is 2.16. The van der Waals surface area contributed by atoms with E-state index in [2.05, 4.69) is 22.1 Å². The Morgan fingerprint density at radius 2 is 1.07 bits per heavy atom. The third-order valence-electron chi connectivity index (χ3n) is 7.98. The van der Waals surface area contributed by atoms with Gasteiger partial charge in [0.05, 0.1) is 49.8 Å². The summed E-state index contributed by atoms with van der Waals surface area (Å²) < 4.78 is 9.80. The van der Waals surface area contributed by atoms with Gasteiger partial charge in [0.15, 0.2) is 0 Å². The standard InChI is InChI=1S/C38H30N4O4/c1-45-35(43)19-23-5-3-7-25(17-23)37-31-13-9-27(39-31)21-29-11-15-33(41-29)38(26-8-4-6-24(18-26)20-36(44)46-2)34-16-12-30(42-34)22-28-10-14-32(37)40-28/h3-18,21-22,39-40H,19-20H2,1-2H3. The van der Waals surface area contributed by atoms with Crippen molar-refractivity contribution in [3.63, 3.8) is 0 Å². The van der Waals surface area contributed by atoms with Crippen molar-refractivity contribution >= 4 is 58.3 Å².